The average molecular weight is 420 g/mol. The van der Waals surface area contributed by atoms with Crippen LogP contribution in [0.15, 0.2) is 35.2 Å². The Morgan fingerprint density at radius 3 is 2.59 bits per heavy atom. The highest BCUT2D eigenvalue weighted by atomic mass is 32.2. The second kappa shape index (κ2) is 8.75. The van der Waals surface area contributed by atoms with Gasteiger partial charge in [0.1, 0.15) is 11.9 Å². The largest absolute Gasteiger partial charge is 0.473 e. The maximum absolute atomic E-state index is 13.0. The molecule has 1 atom stereocenters. The van der Waals surface area contributed by atoms with Gasteiger partial charge in [0.05, 0.1) is 18.6 Å². The van der Waals surface area contributed by atoms with Crippen molar-refractivity contribution in [2.75, 3.05) is 25.5 Å². The lowest BCUT2D eigenvalue weighted by molar-refractivity contribution is 0.124. The number of aromatic nitrogens is 2. The minimum absolute atomic E-state index is 0.155. The summed E-state index contributed by atoms with van der Waals surface area (Å²) in [6, 6.07) is 7.71. The number of carbonyl (C=O) groups is 1. The second-order valence-electron chi connectivity index (χ2n) is 6.78. The third-order valence-electron chi connectivity index (χ3n) is 4.49. The predicted octanol–water partition coefficient (Wildman–Crippen LogP) is 2.50. The van der Waals surface area contributed by atoms with E-state index in [4.69, 9.17) is 4.74 Å². The summed E-state index contributed by atoms with van der Waals surface area (Å²) >= 11 is 0. The molecule has 0 radical (unpaired) electrons. The van der Waals surface area contributed by atoms with Gasteiger partial charge < -0.3 is 9.47 Å². The van der Waals surface area contributed by atoms with Gasteiger partial charge in [-0.2, -0.15) is 9.29 Å². The third kappa shape index (κ3) is 5.21. The number of hydrogen-bond donors (Lipinski definition) is 1. The lowest BCUT2D eigenvalue weighted by Crippen LogP contribution is -2.44. The summed E-state index contributed by atoms with van der Waals surface area (Å²) in [5, 5.41) is 2.49. The summed E-state index contributed by atoms with van der Waals surface area (Å²) in [5.41, 5.74) is 1.25. The fourth-order valence-electron chi connectivity index (χ4n) is 3.16. The first kappa shape index (κ1) is 21.0. The van der Waals surface area contributed by atoms with E-state index in [1.54, 1.807) is 13.0 Å². The Bertz CT molecular complexity index is 958. The topological polar surface area (TPSA) is 111 Å². The van der Waals surface area contributed by atoms with E-state index in [-0.39, 0.29) is 17.5 Å². The minimum Gasteiger partial charge on any atom is -0.473 e. The van der Waals surface area contributed by atoms with Crippen LogP contribution in [0.4, 0.5) is 10.5 Å². The van der Waals surface area contributed by atoms with Gasteiger partial charge in [-0.1, -0.05) is 0 Å². The Hall–Kier alpha value is -2.72. The highest BCUT2D eigenvalue weighted by molar-refractivity contribution is 7.89. The maximum Gasteiger partial charge on any atom is 0.411 e. The fourth-order valence-corrected chi connectivity index (χ4v) is 4.67. The molecular weight excluding hydrogens is 396 g/mol. The zero-order valence-electron chi connectivity index (χ0n) is 16.6. The molecule has 1 aliphatic heterocycles. The van der Waals surface area contributed by atoms with Gasteiger partial charge in [0.25, 0.3) is 0 Å². The number of piperidine rings is 1. The van der Waals surface area contributed by atoms with Crippen LogP contribution >= 0.6 is 0 Å². The number of amides is 1. The summed E-state index contributed by atoms with van der Waals surface area (Å²) in [6.07, 6.45) is 0.532. The highest BCUT2D eigenvalue weighted by Gasteiger charge is 2.31. The van der Waals surface area contributed by atoms with E-state index in [1.807, 2.05) is 6.92 Å². The van der Waals surface area contributed by atoms with Crippen molar-refractivity contribution in [1.29, 1.82) is 0 Å². The molecule has 0 aliphatic carbocycles. The Morgan fingerprint density at radius 1 is 1.21 bits per heavy atom. The first-order valence-electron chi connectivity index (χ1n) is 9.22. The number of benzene rings is 1. The summed E-state index contributed by atoms with van der Waals surface area (Å²) < 4.78 is 37.9. The maximum atomic E-state index is 13.0. The molecule has 10 heteroatoms. The van der Waals surface area contributed by atoms with Crippen LogP contribution in [0.25, 0.3) is 0 Å². The quantitative estimate of drug-likeness (QED) is 0.791. The van der Waals surface area contributed by atoms with Gasteiger partial charge in [-0.3, -0.25) is 5.32 Å². The van der Waals surface area contributed by atoms with Crippen molar-refractivity contribution in [2.24, 2.45) is 0 Å². The van der Waals surface area contributed by atoms with Crippen LogP contribution in [0, 0.1) is 13.8 Å². The molecule has 0 unspecified atom stereocenters. The number of carbonyl (C=O) groups excluding carboxylic acids is 1. The van der Waals surface area contributed by atoms with Gasteiger partial charge >= 0.3 is 6.09 Å². The van der Waals surface area contributed by atoms with Crippen molar-refractivity contribution in [1.82, 2.24) is 14.3 Å². The summed E-state index contributed by atoms with van der Waals surface area (Å²) in [7, 11) is -2.42. The Kier molecular flexibility index (Phi) is 6.33. The van der Waals surface area contributed by atoms with E-state index in [2.05, 4.69) is 20.0 Å². The molecule has 1 amide bonds. The van der Waals surface area contributed by atoms with Crippen molar-refractivity contribution in [2.45, 2.75) is 37.7 Å². The van der Waals surface area contributed by atoms with Gasteiger partial charge in [-0.25, -0.2) is 18.2 Å². The average Bonchev–Trinajstić information content (AvgIpc) is 2.67. The van der Waals surface area contributed by atoms with Crippen LogP contribution in [0.3, 0.4) is 0 Å². The molecule has 1 aromatic heterocycles. The molecule has 0 saturated carbocycles. The van der Waals surface area contributed by atoms with Gasteiger partial charge in [-0.15, -0.1) is 0 Å². The van der Waals surface area contributed by atoms with Crippen molar-refractivity contribution >= 4 is 21.8 Å². The summed E-state index contributed by atoms with van der Waals surface area (Å²) in [4.78, 5) is 19.9. The number of hydrogen-bond acceptors (Lipinski definition) is 7. The summed E-state index contributed by atoms with van der Waals surface area (Å²) in [5.74, 6) is 1.07. The van der Waals surface area contributed by atoms with E-state index < -0.39 is 16.1 Å². The molecule has 0 spiro atoms. The molecular formula is C19H24N4O5S. The standard InChI is InChI=1S/C19H24N4O5S/c1-13-11-18(21-14(2)20-13)28-16-5-4-10-23(12-16)29(25,26)17-8-6-15(7-9-17)22-19(24)27-3/h6-9,11,16H,4-5,10,12H2,1-3H3,(H,22,24)/t16-/m1/s1. The molecule has 1 N–H and O–H groups in total. The molecule has 1 fully saturated rings. The molecule has 29 heavy (non-hydrogen) atoms. The fraction of sp³-hybridized carbons (Fsp3) is 0.421. The van der Waals surface area contributed by atoms with E-state index in [9.17, 15) is 13.2 Å². The molecule has 2 aromatic rings. The van der Waals surface area contributed by atoms with Crippen molar-refractivity contribution in [3.63, 3.8) is 0 Å². The van der Waals surface area contributed by atoms with Gasteiger partial charge in [0.15, 0.2) is 0 Å². The Morgan fingerprint density at radius 2 is 1.93 bits per heavy atom. The highest BCUT2D eigenvalue weighted by Crippen LogP contribution is 2.24. The van der Waals surface area contributed by atoms with Crippen molar-refractivity contribution in [3.8, 4) is 5.88 Å². The van der Waals surface area contributed by atoms with Crippen molar-refractivity contribution < 1.29 is 22.7 Å². The molecule has 1 aromatic carbocycles. The van der Waals surface area contributed by atoms with Crippen LogP contribution in [0.5, 0.6) is 5.88 Å². The van der Waals surface area contributed by atoms with Crippen molar-refractivity contribution in [3.05, 3.63) is 41.9 Å². The zero-order chi connectivity index (χ0) is 21.0. The van der Waals surface area contributed by atoms with Gasteiger partial charge in [0.2, 0.25) is 15.9 Å². The first-order chi connectivity index (χ1) is 13.8. The number of aryl methyl sites for hydroxylation is 2. The van der Waals surface area contributed by atoms with Crippen LogP contribution in [-0.2, 0) is 14.8 Å². The molecule has 9 nitrogen and oxygen atoms in total. The predicted molar refractivity (Wildman–Crippen MR) is 106 cm³/mol. The molecule has 2 heterocycles. The van der Waals surface area contributed by atoms with Crippen LogP contribution in [0.2, 0.25) is 0 Å². The summed E-state index contributed by atoms with van der Waals surface area (Å²) in [6.45, 7) is 4.31. The SMILES string of the molecule is COC(=O)Nc1ccc(S(=O)(=O)N2CCC[C@@H](Oc3cc(C)nc(C)n3)C2)cc1. The molecule has 3 rings (SSSR count). The molecule has 1 saturated heterocycles. The third-order valence-corrected chi connectivity index (χ3v) is 6.37. The van der Waals surface area contributed by atoms with E-state index in [0.29, 0.717) is 30.4 Å². The lowest BCUT2D eigenvalue weighted by atomic mass is 10.1. The molecule has 0 bridgehead atoms. The Labute approximate surface area is 170 Å². The van der Waals surface area contributed by atoms with Crippen LogP contribution in [-0.4, -0.2) is 55.1 Å². The van der Waals surface area contributed by atoms with Crippen LogP contribution < -0.4 is 10.1 Å². The number of rotatable bonds is 5. The molecule has 1 aliphatic rings. The van der Waals surface area contributed by atoms with E-state index >= 15 is 0 Å². The lowest BCUT2D eigenvalue weighted by Gasteiger charge is -2.31. The molecule has 156 valence electrons. The zero-order valence-corrected chi connectivity index (χ0v) is 17.4. The number of nitrogens with one attached hydrogen (secondary N) is 1. The number of nitrogens with zero attached hydrogens (tertiary/aromatic N) is 3. The normalized spacial score (nSPS) is 17.6. The van der Waals surface area contributed by atoms with Gasteiger partial charge in [0, 0.05) is 24.0 Å². The second-order valence-corrected chi connectivity index (χ2v) is 8.72. The van der Waals surface area contributed by atoms with E-state index in [1.165, 1.54) is 35.7 Å². The number of sulfonamides is 1. The number of anilines is 1. The monoisotopic (exact) mass is 420 g/mol. The number of methoxy groups -OCH3 is 1. The minimum atomic E-state index is -3.68. The van der Waals surface area contributed by atoms with Gasteiger partial charge in [-0.05, 0) is 51.0 Å². The first-order valence-corrected chi connectivity index (χ1v) is 10.7. The smallest absolute Gasteiger partial charge is 0.411 e. The van der Waals surface area contributed by atoms with E-state index in [0.717, 1.165) is 12.1 Å². The number of ether oxygens (including phenoxy) is 2. The van der Waals surface area contributed by atoms with Crippen LogP contribution in [0.1, 0.15) is 24.4 Å². The Balaban J connectivity index is 1.70.